The second-order valence-electron chi connectivity index (χ2n) is 7.20. The lowest BCUT2D eigenvalue weighted by molar-refractivity contribution is -0.0503. The van der Waals surface area contributed by atoms with Gasteiger partial charge in [0.2, 0.25) is 11.8 Å². The lowest BCUT2D eigenvalue weighted by Gasteiger charge is -2.17. The third-order valence-electron chi connectivity index (χ3n) is 5.22. The smallest absolute Gasteiger partial charge is 0.280 e. The number of hydrogen-bond acceptors (Lipinski definition) is 11. The maximum Gasteiger partial charge on any atom is 0.280 e. The van der Waals surface area contributed by atoms with E-state index in [1.165, 1.54) is 0 Å². The number of anilines is 1. The minimum Gasteiger partial charge on any atom is -0.493 e. The molecule has 0 saturated carbocycles. The van der Waals surface area contributed by atoms with Gasteiger partial charge in [0, 0.05) is 5.39 Å². The first-order chi connectivity index (χ1) is 15.4. The average molecular weight is 442 g/mol. The Kier molecular flexibility index (Phi) is 4.63. The minimum atomic E-state index is -1.50. The van der Waals surface area contributed by atoms with Crippen LogP contribution in [-0.4, -0.2) is 69.8 Å². The van der Waals surface area contributed by atoms with E-state index in [1.54, 1.807) is 24.3 Å². The van der Waals surface area contributed by atoms with Crippen molar-refractivity contribution in [2.75, 3.05) is 12.3 Å². The molecule has 4 heterocycles. The number of aliphatic hydroxyl groups excluding tert-OH is 3. The maximum absolute atomic E-state index is 12.3. The fourth-order valence-corrected chi connectivity index (χ4v) is 3.70. The Bertz CT molecular complexity index is 1410. The van der Waals surface area contributed by atoms with Crippen LogP contribution < -0.4 is 11.3 Å². The molecule has 1 saturated heterocycles. The highest BCUT2D eigenvalue weighted by molar-refractivity contribution is 5.94. The Morgan fingerprint density at radius 1 is 1.16 bits per heavy atom. The number of nitrogen functional groups attached to an aromatic ring is 1. The van der Waals surface area contributed by atoms with E-state index in [1.807, 2.05) is 0 Å². The van der Waals surface area contributed by atoms with Gasteiger partial charge in [0.25, 0.3) is 11.5 Å². The van der Waals surface area contributed by atoms with Crippen molar-refractivity contribution >= 4 is 39.7 Å². The SMILES string of the molecule is Nc1nc2c(nc(N=Nc3c(O)[nH]c4ccccc34)n2[C@H]2O[C@@H](CO)[C@@H](O)[C@@H]2O)c(=O)[nH]1. The summed E-state index contributed by atoms with van der Waals surface area (Å²) in [5.74, 6) is -0.651. The molecular weight excluding hydrogens is 424 g/mol. The molecule has 32 heavy (non-hydrogen) atoms. The number of para-hydroxylation sites is 1. The number of imidazole rings is 1. The zero-order valence-corrected chi connectivity index (χ0v) is 16.2. The molecule has 0 radical (unpaired) electrons. The number of hydrogen-bond donors (Lipinski definition) is 7. The largest absolute Gasteiger partial charge is 0.493 e. The van der Waals surface area contributed by atoms with Gasteiger partial charge in [-0.05, 0) is 6.07 Å². The van der Waals surface area contributed by atoms with E-state index in [0.717, 1.165) is 4.57 Å². The van der Waals surface area contributed by atoms with Gasteiger partial charge < -0.3 is 35.9 Å². The molecule has 8 N–H and O–H groups in total. The molecule has 0 unspecified atom stereocenters. The molecule has 3 aromatic heterocycles. The predicted molar refractivity (Wildman–Crippen MR) is 110 cm³/mol. The summed E-state index contributed by atoms with van der Waals surface area (Å²) in [5, 5.41) is 49.0. The van der Waals surface area contributed by atoms with E-state index in [-0.39, 0.29) is 34.6 Å². The molecule has 4 aromatic rings. The predicted octanol–water partition coefficient (Wildman–Crippen LogP) is -0.0844. The molecule has 1 aliphatic heterocycles. The summed E-state index contributed by atoms with van der Waals surface area (Å²) >= 11 is 0. The zero-order valence-electron chi connectivity index (χ0n) is 16.2. The van der Waals surface area contributed by atoms with Gasteiger partial charge in [-0.1, -0.05) is 18.2 Å². The number of aliphatic hydroxyl groups is 3. The van der Waals surface area contributed by atoms with Crippen LogP contribution in [0.25, 0.3) is 22.1 Å². The second-order valence-corrected chi connectivity index (χ2v) is 7.20. The van der Waals surface area contributed by atoms with Gasteiger partial charge in [-0.15, -0.1) is 10.2 Å². The first-order valence-electron chi connectivity index (χ1n) is 9.50. The van der Waals surface area contributed by atoms with Crippen molar-refractivity contribution in [1.29, 1.82) is 0 Å². The molecule has 5 rings (SSSR count). The van der Waals surface area contributed by atoms with Gasteiger partial charge in [-0.25, -0.2) is 4.98 Å². The van der Waals surface area contributed by atoms with E-state index in [4.69, 9.17) is 10.5 Å². The monoisotopic (exact) mass is 442 g/mol. The van der Waals surface area contributed by atoms with Crippen LogP contribution in [0.5, 0.6) is 5.88 Å². The number of H-pyrrole nitrogens is 2. The van der Waals surface area contributed by atoms with E-state index in [9.17, 15) is 25.2 Å². The molecule has 1 aromatic carbocycles. The van der Waals surface area contributed by atoms with Crippen LogP contribution in [0.4, 0.5) is 17.6 Å². The first kappa shape index (κ1) is 20.1. The summed E-state index contributed by atoms with van der Waals surface area (Å²) in [7, 11) is 0. The number of rotatable bonds is 4. The van der Waals surface area contributed by atoms with Gasteiger partial charge >= 0.3 is 0 Å². The Hall–Kier alpha value is -3.85. The van der Waals surface area contributed by atoms with E-state index < -0.39 is 36.7 Å². The summed E-state index contributed by atoms with van der Waals surface area (Å²) < 4.78 is 6.71. The number of azo groups is 1. The molecule has 0 amide bonds. The molecular formula is C18H18N8O6. The lowest BCUT2D eigenvalue weighted by Crippen LogP contribution is -2.33. The fraction of sp³-hybridized carbons (Fsp3) is 0.278. The molecule has 4 atom stereocenters. The number of fused-ring (bicyclic) bond motifs is 2. The lowest BCUT2D eigenvalue weighted by atomic mass is 10.1. The third kappa shape index (κ3) is 3.01. The number of ether oxygens (including phenoxy) is 1. The Labute approximate surface area is 177 Å². The van der Waals surface area contributed by atoms with E-state index in [2.05, 4.69) is 30.2 Å². The summed E-state index contributed by atoms with van der Waals surface area (Å²) in [4.78, 5) is 25.6. The van der Waals surface area contributed by atoms with Crippen molar-refractivity contribution in [1.82, 2.24) is 24.5 Å². The number of aromatic amines is 2. The molecule has 14 heteroatoms. The molecule has 0 bridgehead atoms. The van der Waals surface area contributed by atoms with Crippen LogP contribution in [0, 0.1) is 0 Å². The van der Waals surface area contributed by atoms with E-state index >= 15 is 0 Å². The van der Waals surface area contributed by atoms with Gasteiger partial charge in [-0.3, -0.25) is 14.3 Å². The van der Waals surface area contributed by atoms with Crippen LogP contribution in [0.2, 0.25) is 0 Å². The fourth-order valence-electron chi connectivity index (χ4n) is 3.70. The van der Waals surface area contributed by atoms with Gasteiger partial charge in [0.1, 0.15) is 18.3 Å². The van der Waals surface area contributed by atoms with Crippen LogP contribution in [0.3, 0.4) is 0 Å². The van der Waals surface area contributed by atoms with Crippen LogP contribution in [0.15, 0.2) is 39.3 Å². The number of nitrogens with two attached hydrogens (primary N) is 1. The van der Waals surface area contributed by atoms with Crippen molar-refractivity contribution in [3.05, 3.63) is 34.6 Å². The molecule has 1 aliphatic rings. The normalized spacial score (nSPS) is 23.7. The Morgan fingerprint density at radius 3 is 2.69 bits per heavy atom. The van der Waals surface area contributed by atoms with Crippen LogP contribution in [-0.2, 0) is 4.74 Å². The molecule has 166 valence electrons. The molecule has 0 aliphatic carbocycles. The average Bonchev–Trinajstić information content (AvgIpc) is 3.38. The number of nitrogens with one attached hydrogen (secondary N) is 2. The highest BCUT2D eigenvalue weighted by atomic mass is 16.6. The van der Waals surface area contributed by atoms with Gasteiger partial charge in [0.15, 0.2) is 23.1 Å². The first-order valence-corrected chi connectivity index (χ1v) is 9.50. The maximum atomic E-state index is 12.3. The summed E-state index contributed by atoms with van der Waals surface area (Å²) in [5.41, 5.74) is 5.52. The molecule has 1 fully saturated rings. The summed E-state index contributed by atoms with van der Waals surface area (Å²) in [6.07, 6.45) is -5.30. The summed E-state index contributed by atoms with van der Waals surface area (Å²) in [6.45, 7) is -0.558. The third-order valence-corrected chi connectivity index (χ3v) is 5.22. The van der Waals surface area contributed by atoms with Gasteiger partial charge in [0.05, 0.1) is 12.1 Å². The van der Waals surface area contributed by atoms with Crippen molar-refractivity contribution in [2.45, 2.75) is 24.5 Å². The van der Waals surface area contributed by atoms with Crippen LogP contribution in [0.1, 0.15) is 6.23 Å². The standard InChI is InChI=1S/C18H18N8O6/c19-17-22-13-10(15(31)23-17)21-18(26(13)16-12(29)11(28)8(5-27)32-16)25-24-9-6-3-1-2-4-7(6)20-14(9)30/h1-4,8,11-12,16,20,27-30H,5H2,(H3,19,22,23,31)/t8-,11+,12-,16-/m0/s1. The number of nitrogens with zero attached hydrogens (tertiary/aromatic N) is 5. The number of aromatic hydroxyl groups is 1. The van der Waals surface area contributed by atoms with Crippen molar-refractivity contribution in [3.8, 4) is 5.88 Å². The number of benzene rings is 1. The van der Waals surface area contributed by atoms with Crippen molar-refractivity contribution < 1.29 is 25.2 Å². The quantitative estimate of drug-likeness (QED) is 0.210. The Balaban J connectivity index is 1.68. The van der Waals surface area contributed by atoms with Gasteiger partial charge in [-0.2, -0.15) is 4.98 Å². The Morgan fingerprint density at radius 2 is 1.94 bits per heavy atom. The topological polar surface area (TPSA) is 220 Å². The zero-order chi connectivity index (χ0) is 22.6. The van der Waals surface area contributed by atoms with Crippen LogP contribution >= 0.6 is 0 Å². The summed E-state index contributed by atoms with van der Waals surface area (Å²) in [6, 6.07) is 7.01. The second kappa shape index (κ2) is 7.38. The number of aromatic nitrogens is 5. The molecule has 14 nitrogen and oxygen atoms in total. The molecule has 0 spiro atoms. The minimum absolute atomic E-state index is 0.0711. The highest BCUT2D eigenvalue weighted by Gasteiger charge is 2.45. The van der Waals surface area contributed by atoms with Crippen molar-refractivity contribution in [3.63, 3.8) is 0 Å². The highest BCUT2D eigenvalue weighted by Crippen LogP contribution is 2.38. The van der Waals surface area contributed by atoms with E-state index in [0.29, 0.717) is 10.9 Å². The van der Waals surface area contributed by atoms with Crippen molar-refractivity contribution in [2.24, 2.45) is 10.2 Å².